The third-order valence-electron chi connectivity index (χ3n) is 2.96. The molecule has 0 bridgehead atoms. The van der Waals surface area contributed by atoms with E-state index in [4.69, 9.17) is 0 Å². The lowest BCUT2D eigenvalue weighted by Gasteiger charge is -2.24. The summed E-state index contributed by atoms with van der Waals surface area (Å²) in [4.78, 5) is 24.2. The zero-order chi connectivity index (χ0) is 10.6. The van der Waals surface area contributed by atoms with Crippen molar-refractivity contribution in [1.82, 2.24) is 4.90 Å². The van der Waals surface area contributed by atoms with Gasteiger partial charge < -0.3 is 9.69 Å². The smallest absolute Gasteiger partial charge is 0.223 e. The molecule has 1 amide bonds. The van der Waals surface area contributed by atoms with E-state index in [9.17, 15) is 9.59 Å². The molecule has 0 N–H and O–H groups in total. The first-order valence-corrected chi connectivity index (χ1v) is 5.36. The second-order valence-electron chi connectivity index (χ2n) is 4.14. The molecular formula is C11H19NO2. The van der Waals surface area contributed by atoms with E-state index in [1.165, 1.54) is 19.8 Å². The van der Waals surface area contributed by atoms with Crippen LogP contribution >= 0.6 is 0 Å². The van der Waals surface area contributed by atoms with Gasteiger partial charge in [-0.2, -0.15) is 0 Å². The Morgan fingerprint density at radius 1 is 1.21 bits per heavy atom. The molecule has 1 rings (SSSR count). The van der Waals surface area contributed by atoms with E-state index in [2.05, 4.69) is 0 Å². The second-order valence-corrected chi connectivity index (χ2v) is 4.14. The quantitative estimate of drug-likeness (QED) is 0.688. The average Bonchev–Trinajstić information content (AvgIpc) is 2.65. The molecule has 0 aromatic rings. The Labute approximate surface area is 85.5 Å². The van der Waals surface area contributed by atoms with Gasteiger partial charge in [0.25, 0.3) is 0 Å². The average molecular weight is 197 g/mol. The van der Waals surface area contributed by atoms with Crippen molar-refractivity contribution >= 4 is 11.7 Å². The lowest BCUT2D eigenvalue weighted by molar-refractivity contribution is -0.133. The van der Waals surface area contributed by atoms with Crippen molar-refractivity contribution in [2.45, 2.75) is 51.5 Å². The summed E-state index contributed by atoms with van der Waals surface area (Å²) >= 11 is 0. The minimum absolute atomic E-state index is 0.0955. The minimum Gasteiger partial charge on any atom is -0.343 e. The Balaban J connectivity index is 2.31. The molecule has 0 aromatic carbocycles. The number of carbonyl (C=O) groups excluding carboxylic acids is 2. The van der Waals surface area contributed by atoms with Crippen LogP contribution in [0.2, 0.25) is 0 Å². The van der Waals surface area contributed by atoms with Gasteiger partial charge in [0.2, 0.25) is 5.91 Å². The van der Waals surface area contributed by atoms with Crippen molar-refractivity contribution in [3.05, 3.63) is 0 Å². The van der Waals surface area contributed by atoms with Crippen LogP contribution in [0, 0.1) is 0 Å². The molecule has 3 heteroatoms. The highest BCUT2D eigenvalue weighted by Gasteiger charge is 2.22. The fraction of sp³-hybridized carbons (Fsp3) is 0.818. The van der Waals surface area contributed by atoms with Crippen molar-refractivity contribution in [2.75, 3.05) is 7.05 Å². The van der Waals surface area contributed by atoms with E-state index < -0.39 is 0 Å². The number of hydrogen-bond donors (Lipinski definition) is 0. The largest absolute Gasteiger partial charge is 0.343 e. The summed E-state index contributed by atoms with van der Waals surface area (Å²) in [6, 6.07) is 0.425. The van der Waals surface area contributed by atoms with Gasteiger partial charge in [-0.1, -0.05) is 12.8 Å². The van der Waals surface area contributed by atoms with Gasteiger partial charge in [0.15, 0.2) is 0 Å². The van der Waals surface area contributed by atoms with Crippen molar-refractivity contribution in [3.63, 3.8) is 0 Å². The molecular weight excluding hydrogens is 178 g/mol. The molecule has 1 aliphatic rings. The van der Waals surface area contributed by atoms with Crippen LogP contribution in [0.5, 0.6) is 0 Å². The molecule has 0 unspecified atom stereocenters. The standard InChI is InChI=1S/C11H19NO2/c1-9(13)7-8-11(14)12(2)10-5-3-4-6-10/h10H,3-8H2,1-2H3. The van der Waals surface area contributed by atoms with Crippen molar-refractivity contribution < 1.29 is 9.59 Å². The van der Waals surface area contributed by atoms with Crippen LogP contribution in [0.1, 0.15) is 45.4 Å². The first-order chi connectivity index (χ1) is 6.61. The zero-order valence-corrected chi connectivity index (χ0v) is 9.08. The summed E-state index contributed by atoms with van der Waals surface area (Å²) in [5.41, 5.74) is 0. The van der Waals surface area contributed by atoms with Gasteiger partial charge in [-0.25, -0.2) is 0 Å². The first kappa shape index (κ1) is 11.2. The third-order valence-corrected chi connectivity index (χ3v) is 2.96. The van der Waals surface area contributed by atoms with Crippen molar-refractivity contribution in [1.29, 1.82) is 0 Å². The molecule has 1 fully saturated rings. The van der Waals surface area contributed by atoms with E-state index in [1.54, 1.807) is 0 Å². The molecule has 0 saturated heterocycles. The Hall–Kier alpha value is -0.860. The lowest BCUT2D eigenvalue weighted by atomic mass is 10.2. The zero-order valence-electron chi connectivity index (χ0n) is 9.08. The molecule has 3 nitrogen and oxygen atoms in total. The fourth-order valence-electron chi connectivity index (χ4n) is 1.95. The molecule has 1 saturated carbocycles. The maximum atomic E-state index is 11.6. The lowest BCUT2D eigenvalue weighted by Crippen LogP contribution is -2.35. The number of carbonyl (C=O) groups is 2. The van der Waals surface area contributed by atoms with Gasteiger partial charge in [-0.15, -0.1) is 0 Å². The molecule has 0 atom stereocenters. The maximum Gasteiger partial charge on any atom is 0.223 e. The second kappa shape index (κ2) is 5.13. The molecule has 80 valence electrons. The Bertz CT molecular complexity index is 219. The molecule has 0 aliphatic heterocycles. The van der Waals surface area contributed by atoms with Crippen LogP contribution in [-0.2, 0) is 9.59 Å². The van der Waals surface area contributed by atoms with Crippen LogP contribution in [-0.4, -0.2) is 29.7 Å². The molecule has 0 radical (unpaired) electrons. The van der Waals surface area contributed by atoms with Gasteiger partial charge in [-0.05, 0) is 19.8 Å². The Morgan fingerprint density at radius 2 is 1.79 bits per heavy atom. The van der Waals surface area contributed by atoms with Crippen LogP contribution in [0.25, 0.3) is 0 Å². The topological polar surface area (TPSA) is 37.4 Å². The van der Waals surface area contributed by atoms with Gasteiger partial charge in [0.1, 0.15) is 5.78 Å². The summed E-state index contributed by atoms with van der Waals surface area (Å²) in [6.45, 7) is 1.53. The summed E-state index contributed by atoms with van der Waals surface area (Å²) in [5, 5.41) is 0. The van der Waals surface area contributed by atoms with Crippen LogP contribution < -0.4 is 0 Å². The predicted octanol–water partition coefficient (Wildman–Crippen LogP) is 1.76. The SMILES string of the molecule is CC(=O)CCC(=O)N(C)C1CCCC1. The predicted molar refractivity (Wildman–Crippen MR) is 54.9 cm³/mol. The number of hydrogen-bond acceptors (Lipinski definition) is 2. The number of amides is 1. The number of Topliss-reactive ketones (excluding diaryl/α,β-unsaturated/α-hetero) is 1. The van der Waals surface area contributed by atoms with Crippen LogP contribution in [0.15, 0.2) is 0 Å². The Kier molecular flexibility index (Phi) is 4.11. The molecule has 0 heterocycles. The van der Waals surface area contributed by atoms with Crippen LogP contribution in [0.3, 0.4) is 0 Å². The van der Waals surface area contributed by atoms with Crippen molar-refractivity contribution in [2.24, 2.45) is 0 Å². The molecule has 1 aliphatic carbocycles. The molecule has 14 heavy (non-hydrogen) atoms. The number of rotatable bonds is 4. The summed E-state index contributed by atoms with van der Waals surface area (Å²) in [6.07, 6.45) is 5.48. The maximum absolute atomic E-state index is 11.6. The van der Waals surface area contributed by atoms with Gasteiger partial charge in [0, 0.05) is 25.9 Å². The van der Waals surface area contributed by atoms with E-state index in [-0.39, 0.29) is 11.7 Å². The first-order valence-electron chi connectivity index (χ1n) is 5.36. The molecule has 0 aromatic heterocycles. The van der Waals surface area contributed by atoms with Crippen molar-refractivity contribution in [3.8, 4) is 0 Å². The van der Waals surface area contributed by atoms with Gasteiger partial charge in [-0.3, -0.25) is 4.79 Å². The van der Waals surface area contributed by atoms with E-state index in [0.717, 1.165) is 12.8 Å². The highest BCUT2D eigenvalue weighted by Crippen LogP contribution is 2.22. The normalized spacial score (nSPS) is 17.0. The van der Waals surface area contributed by atoms with Gasteiger partial charge in [0.05, 0.1) is 0 Å². The number of ketones is 1. The number of nitrogens with zero attached hydrogens (tertiary/aromatic N) is 1. The van der Waals surface area contributed by atoms with E-state index in [0.29, 0.717) is 18.9 Å². The van der Waals surface area contributed by atoms with E-state index in [1.807, 2.05) is 11.9 Å². The summed E-state index contributed by atoms with van der Waals surface area (Å²) < 4.78 is 0. The fourth-order valence-corrected chi connectivity index (χ4v) is 1.95. The highest BCUT2D eigenvalue weighted by molar-refractivity contribution is 5.83. The van der Waals surface area contributed by atoms with Gasteiger partial charge >= 0.3 is 0 Å². The molecule has 0 spiro atoms. The summed E-state index contributed by atoms with van der Waals surface area (Å²) in [5.74, 6) is 0.213. The van der Waals surface area contributed by atoms with Crippen LogP contribution in [0.4, 0.5) is 0 Å². The highest BCUT2D eigenvalue weighted by atomic mass is 16.2. The minimum atomic E-state index is 0.0955. The Morgan fingerprint density at radius 3 is 2.29 bits per heavy atom. The van der Waals surface area contributed by atoms with E-state index >= 15 is 0 Å². The summed E-state index contributed by atoms with van der Waals surface area (Å²) in [7, 11) is 1.86. The monoisotopic (exact) mass is 197 g/mol. The third kappa shape index (κ3) is 3.13.